The van der Waals surface area contributed by atoms with E-state index in [1.165, 1.54) is 12.8 Å². The summed E-state index contributed by atoms with van der Waals surface area (Å²) in [6.45, 7) is 2.15. The SMILES string of the molecule is CC(C(O)Cc1cncc(Br)c1)C1CC1. The molecule has 0 aliphatic heterocycles. The van der Waals surface area contributed by atoms with Gasteiger partial charge in [-0.15, -0.1) is 0 Å². The van der Waals surface area contributed by atoms with Gasteiger partial charge in [-0.25, -0.2) is 0 Å². The van der Waals surface area contributed by atoms with Crippen LogP contribution in [0.5, 0.6) is 0 Å². The minimum atomic E-state index is -0.228. The summed E-state index contributed by atoms with van der Waals surface area (Å²) in [7, 11) is 0. The predicted molar refractivity (Wildman–Crippen MR) is 63.5 cm³/mol. The molecule has 1 aliphatic rings. The van der Waals surface area contributed by atoms with Gasteiger partial charge in [0, 0.05) is 23.3 Å². The van der Waals surface area contributed by atoms with Crippen LogP contribution in [0.3, 0.4) is 0 Å². The number of halogens is 1. The molecule has 2 unspecified atom stereocenters. The van der Waals surface area contributed by atoms with Crippen molar-refractivity contribution >= 4 is 15.9 Å². The highest BCUT2D eigenvalue weighted by Crippen LogP contribution is 2.38. The Balaban J connectivity index is 1.95. The van der Waals surface area contributed by atoms with Crippen molar-refractivity contribution in [2.45, 2.75) is 32.3 Å². The Hall–Kier alpha value is -0.410. The number of aromatic nitrogens is 1. The summed E-state index contributed by atoms with van der Waals surface area (Å²) in [5.41, 5.74) is 1.10. The summed E-state index contributed by atoms with van der Waals surface area (Å²) in [6, 6.07) is 2.02. The van der Waals surface area contributed by atoms with Gasteiger partial charge in [0.1, 0.15) is 0 Å². The standard InChI is InChI=1S/C12H16BrNO/c1-8(10-2-3-10)12(15)5-9-4-11(13)7-14-6-9/h4,6-8,10,12,15H,2-3,5H2,1H3. The first-order valence-corrected chi connectivity index (χ1v) is 6.23. The Labute approximate surface area is 98.9 Å². The molecule has 15 heavy (non-hydrogen) atoms. The zero-order valence-corrected chi connectivity index (χ0v) is 10.4. The van der Waals surface area contributed by atoms with Crippen LogP contribution in [0, 0.1) is 11.8 Å². The monoisotopic (exact) mass is 269 g/mol. The fourth-order valence-electron chi connectivity index (χ4n) is 1.93. The van der Waals surface area contributed by atoms with Crippen molar-refractivity contribution in [2.75, 3.05) is 0 Å². The normalized spacial score (nSPS) is 19.9. The molecule has 1 aromatic heterocycles. The fraction of sp³-hybridized carbons (Fsp3) is 0.583. The highest BCUT2D eigenvalue weighted by atomic mass is 79.9. The average Bonchev–Trinajstić information content (AvgIpc) is 2.99. The van der Waals surface area contributed by atoms with E-state index in [9.17, 15) is 5.11 Å². The molecular formula is C12H16BrNO. The van der Waals surface area contributed by atoms with Gasteiger partial charge in [0.25, 0.3) is 0 Å². The summed E-state index contributed by atoms with van der Waals surface area (Å²) < 4.78 is 0.978. The minimum Gasteiger partial charge on any atom is -0.392 e. The van der Waals surface area contributed by atoms with E-state index in [1.54, 1.807) is 6.20 Å². The third kappa shape index (κ3) is 3.02. The molecule has 2 atom stereocenters. The van der Waals surface area contributed by atoms with E-state index in [-0.39, 0.29) is 6.10 Å². The lowest BCUT2D eigenvalue weighted by molar-refractivity contribution is 0.105. The number of rotatable bonds is 4. The Morgan fingerprint density at radius 1 is 1.53 bits per heavy atom. The topological polar surface area (TPSA) is 33.1 Å². The molecule has 2 nitrogen and oxygen atoms in total. The molecule has 1 aromatic rings. The van der Waals surface area contributed by atoms with Crippen molar-refractivity contribution in [3.63, 3.8) is 0 Å². The summed E-state index contributed by atoms with van der Waals surface area (Å²) in [6.07, 6.45) is 6.65. The molecule has 1 aliphatic carbocycles. The molecule has 0 saturated heterocycles. The van der Waals surface area contributed by atoms with Crippen LogP contribution in [0.1, 0.15) is 25.3 Å². The fourth-order valence-corrected chi connectivity index (χ4v) is 2.34. The predicted octanol–water partition coefficient (Wildman–Crippen LogP) is 2.79. The van der Waals surface area contributed by atoms with Crippen LogP contribution in [0.15, 0.2) is 22.9 Å². The highest BCUT2D eigenvalue weighted by Gasteiger charge is 2.32. The van der Waals surface area contributed by atoms with Crippen LogP contribution in [0.25, 0.3) is 0 Å². The lowest BCUT2D eigenvalue weighted by atomic mass is 9.94. The van der Waals surface area contributed by atoms with E-state index in [2.05, 4.69) is 27.8 Å². The van der Waals surface area contributed by atoms with E-state index in [4.69, 9.17) is 0 Å². The molecule has 1 fully saturated rings. The second kappa shape index (κ2) is 4.62. The van der Waals surface area contributed by atoms with Crippen LogP contribution in [-0.4, -0.2) is 16.2 Å². The average molecular weight is 270 g/mol. The van der Waals surface area contributed by atoms with Crippen molar-refractivity contribution in [3.05, 3.63) is 28.5 Å². The van der Waals surface area contributed by atoms with E-state index in [1.807, 2.05) is 12.3 Å². The van der Waals surface area contributed by atoms with E-state index < -0.39 is 0 Å². The molecule has 0 radical (unpaired) electrons. The Kier molecular flexibility index (Phi) is 3.42. The van der Waals surface area contributed by atoms with Gasteiger partial charge in [-0.2, -0.15) is 0 Å². The lowest BCUT2D eigenvalue weighted by Crippen LogP contribution is -2.21. The smallest absolute Gasteiger partial charge is 0.0609 e. The number of nitrogens with zero attached hydrogens (tertiary/aromatic N) is 1. The number of aliphatic hydroxyl groups is 1. The van der Waals surface area contributed by atoms with Crippen molar-refractivity contribution in [1.29, 1.82) is 0 Å². The zero-order chi connectivity index (χ0) is 10.8. The Morgan fingerprint density at radius 2 is 2.27 bits per heavy atom. The molecule has 0 amide bonds. The van der Waals surface area contributed by atoms with Gasteiger partial charge in [0.2, 0.25) is 0 Å². The maximum Gasteiger partial charge on any atom is 0.0609 e. The van der Waals surface area contributed by atoms with Gasteiger partial charge in [0.15, 0.2) is 0 Å². The van der Waals surface area contributed by atoms with Crippen molar-refractivity contribution in [1.82, 2.24) is 4.98 Å². The van der Waals surface area contributed by atoms with Gasteiger partial charge in [-0.05, 0) is 52.2 Å². The maximum atomic E-state index is 10.0. The molecule has 0 spiro atoms. The molecule has 1 N–H and O–H groups in total. The van der Waals surface area contributed by atoms with Crippen LogP contribution in [-0.2, 0) is 6.42 Å². The van der Waals surface area contributed by atoms with Gasteiger partial charge in [-0.1, -0.05) is 6.92 Å². The van der Waals surface area contributed by atoms with Crippen molar-refractivity contribution in [2.24, 2.45) is 11.8 Å². The largest absolute Gasteiger partial charge is 0.392 e. The maximum absolute atomic E-state index is 10.0. The molecule has 3 heteroatoms. The number of aliphatic hydroxyl groups excluding tert-OH is 1. The highest BCUT2D eigenvalue weighted by molar-refractivity contribution is 9.10. The Morgan fingerprint density at radius 3 is 2.87 bits per heavy atom. The van der Waals surface area contributed by atoms with E-state index in [0.29, 0.717) is 12.3 Å². The number of hydrogen-bond donors (Lipinski definition) is 1. The van der Waals surface area contributed by atoms with Crippen LogP contribution in [0.2, 0.25) is 0 Å². The Bertz CT molecular complexity index is 338. The van der Waals surface area contributed by atoms with Crippen molar-refractivity contribution in [3.8, 4) is 0 Å². The summed E-state index contributed by atoms with van der Waals surface area (Å²) in [5.74, 6) is 1.17. The molecule has 0 bridgehead atoms. The lowest BCUT2D eigenvalue weighted by Gasteiger charge is -2.18. The summed E-state index contributed by atoms with van der Waals surface area (Å²) in [4.78, 5) is 4.10. The molecule has 0 aromatic carbocycles. The molecule has 82 valence electrons. The molecule has 1 saturated carbocycles. The third-order valence-electron chi connectivity index (χ3n) is 3.18. The first kappa shape index (κ1) is 11.1. The summed E-state index contributed by atoms with van der Waals surface area (Å²) >= 11 is 3.39. The second-order valence-electron chi connectivity index (χ2n) is 4.48. The number of pyridine rings is 1. The molecule has 1 heterocycles. The van der Waals surface area contributed by atoms with Crippen LogP contribution in [0.4, 0.5) is 0 Å². The second-order valence-corrected chi connectivity index (χ2v) is 5.40. The van der Waals surface area contributed by atoms with Gasteiger partial charge in [0.05, 0.1) is 6.10 Å². The van der Waals surface area contributed by atoms with E-state index in [0.717, 1.165) is 16.0 Å². The zero-order valence-electron chi connectivity index (χ0n) is 8.86. The van der Waals surface area contributed by atoms with Gasteiger partial charge in [-0.3, -0.25) is 4.98 Å². The molecular weight excluding hydrogens is 254 g/mol. The first-order valence-electron chi connectivity index (χ1n) is 5.44. The van der Waals surface area contributed by atoms with Gasteiger partial charge >= 0.3 is 0 Å². The van der Waals surface area contributed by atoms with Crippen molar-refractivity contribution < 1.29 is 5.11 Å². The quantitative estimate of drug-likeness (QED) is 0.912. The summed E-state index contributed by atoms with van der Waals surface area (Å²) in [5, 5.41) is 10.0. The van der Waals surface area contributed by atoms with Crippen LogP contribution < -0.4 is 0 Å². The number of hydrogen-bond acceptors (Lipinski definition) is 2. The minimum absolute atomic E-state index is 0.228. The van der Waals surface area contributed by atoms with E-state index >= 15 is 0 Å². The van der Waals surface area contributed by atoms with Crippen LogP contribution >= 0.6 is 15.9 Å². The first-order chi connectivity index (χ1) is 7.16. The van der Waals surface area contributed by atoms with Gasteiger partial charge < -0.3 is 5.11 Å². The molecule has 2 rings (SSSR count). The third-order valence-corrected chi connectivity index (χ3v) is 3.61.